The summed E-state index contributed by atoms with van der Waals surface area (Å²) in [7, 11) is -3.18. The van der Waals surface area contributed by atoms with Crippen molar-refractivity contribution >= 4 is 49.1 Å². The van der Waals surface area contributed by atoms with Gasteiger partial charge in [0.1, 0.15) is 0 Å². The van der Waals surface area contributed by atoms with Crippen LogP contribution in [0.15, 0.2) is 66.7 Å². The average molecular weight is 743 g/mol. The second-order valence-corrected chi connectivity index (χ2v) is 18.9. The maximum Gasteiger partial charge on any atom is 0.304 e. The molecule has 0 bridgehead atoms. The van der Waals surface area contributed by atoms with Crippen LogP contribution >= 0.6 is 0 Å². The van der Waals surface area contributed by atoms with Crippen molar-refractivity contribution in [3.8, 4) is 0 Å². The minimum atomic E-state index is -3.18. The zero-order chi connectivity index (χ0) is 38.0. The lowest BCUT2D eigenvalue weighted by Gasteiger charge is -2.39. The van der Waals surface area contributed by atoms with Crippen molar-refractivity contribution in [2.45, 2.75) is 88.8 Å². The number of esters is 1. The van der Waals surface area contributed by atoms with Gasteiger partial charge in [-0.05, 0) is 54.4 Å². The number of ether oxygens (including phenoxy) is 2. The third-order valence-electron chi connectivity index (χ3n) is 11.2. The summed E-state index contributed by atoms with van der Waals surface area (Å²) >= 11 is 0. The first-order valence-electron chi connectivity index (χ1n) is 17.7. The smallest absolute Gasteiger partial charge is 0.304 e. The summed E-state index contributed by atoms with van der Waals surface area (Å²) < 4.78 is 12.0. The molecule has 7 rings (SSSR count). The fourth-order valence-electron chi connectivity index (χ4n) is 8.80. The minimum Gasteiger partial charge on any atom is -0.441 e. The second kappa shape index (κ2) is 13.5. The number of aliphatic hydroxyl groups excluding tert-OH is 1. The first-order chi connectivity index (χ1) is 25.1. The first kappa shape index (κ1) is 36.4. The Bertz CT molecular complexity index is 2000. The van der Waals surface area contributed by atoms with Crippen LogP contribution in [-0.2, 0) is 53.8 Å². The molecule has 0 saturated carbocycles. The topological polar surface area (TPSA) is 180 Å². The quantitative estimate of drug-likeness (QED) is 0.107. The van der Waals surface area contributed by atoms with E-state index in [1.54, 1.807) is 49.2 Å². The molecule has 6 atom stereocenters. The van der Waals surface area contributed by atoms with Crippen LogP contribution in [0.5, 0.6) is 0 Å². The zero-order valence-electron chi connectivity index (χ0n) is 29.9. The average Bonchev–Trinajstić information content (AvgIpc) is 3.53. The maximum atomic E-state index is 14.9. The van der Waals surface area contributed by atoms with E-state index in [2.05, 4.69) is 0 Å². The van der Waals surface area contributed by atoms with E-state index in [1.807, 2.05) is 24.3 Å². The number of anilines is 2. The molecule has 14 nitrogen and oxygen atoms in total. The van der Waals surface area contributed by atoms with Crippen LogP contribution in [-0.4, -0.2) is 76.7 Å². The number of hydrogen-bond donors (Lipinski definition) is 2. The Morgan fingerprint density at radius 3 is 2.38 bits per heavy atom. The van der Waals surface area contributed by atoms with E-state index in [9.17, 15) is 39.2 Å². The highest BCUT2D eigenvalue weighted by atomic mass is 28.4. The largest absolute Gasteiger partial charge is 0.441 e. The third-order valence-corrected chi connectivity index (χ3v) is 13.7. The van der Waals surface area contributed by atoms with Gasteiger partial charge in [-0.1, -0.05) is 43.3 Å². The molecular formula is C38H42N4O10Si. The highest BCUT2D eigenvalue weighted by Gasteiger charge is 2.67. The van der Waals surface area contributed by atoms with Crippen molar-refractivity contribution in [3.63, 3.8) is 0 Å². The van der Waals surface area contributed by atoms with Crippen molar-refractivity contribution in [1.82, 2.24) is 4.90 Å². The predicted octanol–water partition coefficient (Wildman–Crippen LogP) is 3.90. The molecule has 0 radical (unpaired) electrons. The van der Waals surface area contributed by atoms with Crippen LogP contribution in [0.4, 0.5) is 17.1 Å². The summed E-state index contributed by atoms with van der Waals surface area (Å²) in [6.07, 6.45) is -1.17. The van der Waals surface area contributed by atoms with Gasteiger partial charge in [0.05, 0.1) is 48.7 Å². The molecule has 2 fully saturated rings. The zero-order valence-corrected chi connectivity index (χ0v) is 30.9. The van der Waals surface area contributed by atoms with Gasteiger partial charge in [-0.25, -0.2) is 0 Å². The molecule has 3 amide bonds. The Hall–Kier alpha value is -4.96. The van der Waals surface area contributed by atoms with Crippen molar-refractivity contribution in [2.24, 2.45) is 5.92 Å². The maximum absolute atomic E-state index is 14.9. The van der Waals surface area contributed by atoms with Gasteiger partial charge in [-0.2, -0.15) is 0 Å². The summed E-state index contributed by atoms with van der Waals surface area (Å²) in [4.78, 5) is 80.6. The lowest BCUT2D eigenvalue weighted by Crippen LogP contribution is -2.54. The van der Waals surface area contributed by atoms with E-state index >= 15 is 0 Å². The first-order valence-corrected chi connectivity index (χ1v) is 20.7. The molecule has 1 unspecified atom stereocenters. The highest BCUT2D eigenvalue weighted by molar-refractivity contribution is 6.71. The van der Waals surface area contributed by atoms with Gasteiger partial charge >= 0.3 is 5.97 Å². The van der Waals surface area contributed by atoms with E-state index in [4.69, 9.17) is 9.47 Å². The van der Waals surface area contributed by atoms with E-state index in [0.717, 1.165) is 11.1 Å². The Labute approximate surface area is 307 Å². The molecule has 1 spiro atoms. The molecule has 3 aromatic carbocycles. The number of non-ortho nitro benzene ring substituents is 1. The molecule has 278 valence electrons. The van der Waals surface area contributed by atoms with Crippen LogP contribution in [0, 0.1) is 16.0 Å². The van der Waals surface area contributed by atoms with E-state index < -0.39 is 60.6 Å². The molecule has 4 heterocycles. The summed E-state index contributed by atoms with van der Waals surface area (Å²) in [5, 5.41) is 22.3. The SMILES string of the molecule is CC(=O)OC1CC(=O)N1c1ccc(CN2C(=O)[C@@]3(O[C@@H](CC(=O)N4Cc5ccccc5C[C@H]4CO)[C@H]([Si](C)(C)O)[C@H]3C)c3cc([N+](=O)[O-])ccc32)cc1. The highest BCUT2D eigenvalue weighted by Crippen LogP contribution is 2.60. The monoisotopic (exact) mass is 742 g/mol. The van der Waals surface area contributed by atoms with Gasteiger partial charge in [0.25, 0.3) is 11.6 Å². The van der Waals surface area contributed by atoms with Crippen molar-refractivity contribution in [3.05, 3.63) is 99.1 Å². The number of nitro groups is 1. The molecule has 2 N–H and O–H groups in total. The summed E-state index contributed by atoms with van der Waals surface area (Å²) in [6.45, 7) is 6.68. The number of carbonyl (C=O) groups is 4. The lowest BCUT2D eigenvalue weighted by molar-refractivity contribution is -0.385. The van der Waals surface area contributed by atoms with Crippen LogP contribution in [0.3, 0.4) is 0 Å². The van der Waals surface area contributed by atoms with Crippen molar-refractivity contribution < 1.29 is 43.5 Å². The molecule has 3 aromatic rings. The molecule has 2 saturated heterocycles. The molecule has 15 heteroatoms. The number of nitro benzene ring substituents is 1. The van der Waals surface area contributed by atoms with Gasteiger partial charge in [-0.3, -0.25) is 34.2 Å². The van der Waals surface area contributed by atoms with Crippen molar-refractivity contribution in [2.75, 3.05) is 16.4 Å². The molecule has 0 aliphatic carbocycles. The number of rotatable bonds is 9. The number of nitrogens with zero attached hydrogens (tertiary/aromatic N) is 4. The van der Waals surface area contributed by atoms with Crippen LogP contribution in [0.2, 0.25) is 18.6 Å². The van der Waals surface area contributed by atoms with E-state index in [0.29, 0.717) is 35.5 Å². The third kappa shape index (κ3) is 6.20. The summed E-state index contributed by atoms with van der Waals surface area (Å²) in [6, 6.07) is 18.4. The van der Waals surface area contributed by atoms with Gasteiger partial charge in [0.2, 0.25) is 11.8 Å². The number of carbonyl (C=O) groups excluding carboxylic acids is 4. The van der Waals surface area contributed by atoms with Gasteiger partial charge < -0.3 is 29.2 Å². The minimum absolute atomic E-state index is 0.0582. The number of benzene rings is 3. The van der Waals surface area contributed by atoms with Gasteiger partial charge in [-0.15, -0.1) is 0 Å². The number of hydrogen-bond acceptors (Lipinski definition) is 10. The Morgan fingerprint density at radius 2 is 1.75 bits per heavy atom. The number of aliphatic hydroxyl groups is 1. The fourth-order valence-corrected chi connectivity index (χ4v) is 11.3. The second-order valence-electron chi connectivity index (χ2n) is 14.9. The number of β-lactam (4-membered cyclic amide) rings is 1. The normalized spacial score (nSPS) is 26.4. The Balaban J connectivity index is 1.21. The molecule has 4 aliphatic rings. The number of amides is 3. The lowest BCUT2D eigenvalue weighted by atomic mass is 9.82. The van der Waals surface area contributed by atoms with E-state index in [-0.39, 0.29) is 43.5 Å². The standard InChI is InChI=1S/C38H42N4O10Si/c1-22-36(53(3,4)50)32(17-33(45)39-20-26-8-6-5-7-25(26)15-29(39)21-43)52-38(22)30-16-28(42(48)49)13-14-31(30)40(37(38)47)19-24-9-11-27(12-10-24)41-34(46)18-35(41)51-23(2)44/h5-14,16,22,29,32,35-36,43,50H,15,17-21H2,1-4H3/t22-,29+,32+,35?,36-,38+/m1/s1. The number of fused-ring (bicyclic) bond motifs is 3. The summed E-state index contributed by atoms with van der Waals surface area (Å²) in [5.74, 6) is -2.11. The Kier molecular flexibility index (Phi) is 9.25. The van der Waals surface area contributed by atoms with Gasteiger partial charge in [0, 0.05) is 48.3 Å². The van der Waals surface area contributed by atoms with Gasteiger partial charge in [0.15, 0.2) is 20.1 Å². The van der Waals surface area contributed by atoms with Crippen LogP contribution in [0.25, 0.3) is 0 Å². The van der Waals surface area contributed by atoms with Crippen molar-refractivity contribution in [1.29, 1.82) is 0 Å². The summed E-state index contributed by atoms with van der Waals surface area (Å²) in [5.41, 5.74) is 1.41. The molecule has 53 heavy (non-hydrogen) atoms. The molecule has 0 aromatic heterocycles. The van der Waals surface area contributed by atoms with Crippen LogP contribution < -0.4 is 9.80 Å². The predicted molar refractivity (Wildman–Crippen MR) is 194 cm³/mol. The molecular weight excluding hydrogens is 701 g/mol. The van der Waals surface area contributed by atoms with Crippen LogP contribution in [0.1, 0.15) is 48.9 Å². The fraction of sp³-hybridized carbons (Fsp3) is 0.421. The van der Waals surface area contributed by atoms with E-state index in [1.165, 1.54) is 34.9 Å². The Morgan fingerprint density at radius 1 is 1.06 bits per heavy atom. The molecule has 4 aliphatic heterocycles.